The van der Waals surface area contributed by atoms with Crippen LogP contribution in [0.5, 0.6) is 11.5 Å². The Labute approximate surface area is 318 Å². The van der Waals surface area contributed by atoms with E-state index < -0.39 is 11.2 Å². The third-order valence-electron chi connectivity index (χ3n) is 8.57. The van der Waals surface area contributed by atoms with Crippen LogP contribution in [0.25, 0.3) is 0 Å². The van der Waals surface area contributed by atoms with Crippen LogP contribution in [-0.4, -0.2) is 106 Å². The van der Waals surface area contributed by atoms with Crippen molar-refractivity contribution in [2.45, 2.75) is 52.7 Å². The second kappa shape index (κ2) is 17.1. The van der Waals surface area contributed by atoms with Crippen LogP contribution in [0.4, 0.5) is 22.5 Å². The molecule has 1 saturated heterocycles. The SMILES string of the molecule is Cc1nc(Nc2ncc(C(=O)Nc3c(C)cccc3Cl)s2)cc(N2CCN(CCOC(C)(C)COC(C)(C)CNC(=O)c3ccc(O)c(O)c3)CC2)n1. The predicted octanol–water partition coefficient (Wildman–Crippen LogP) is 5.75. The lowest BCUT2D eigenvalue weighted by Crippen LogP contribution is -2.48. The number of carbonyl (C=O) groups is 2. The highest BCUT2D eigenvalue weighted by Gasteiger charge is 2.27. The van der Waals surface area contributed by atoms with Gasteiger partial charge in [-0.3, -0.25) is 14.5 Å². The predicted molar refractivity (Wildman–Crippen MR) is 207 cm³/mol. The summed E-state index contributed by atoms with van der Waals surface area (Å²) in [5.41, 5.74) is 0.472. The summed E-state index contributed by atoms with van der Waals surface area (Å²) in [7, 11) is 0. The molecule has 5 rings (SSSR count). The van der Waals surface area contributed by atoms with Gasteiger partial charge in [-0.25, -0.2) is 15.0 Å². The zero-order valence-electron chi connectivity index (χ0n) is 30.8. The summed E-state index contributed by atoms with van der Waals surface area (Å²) in [6, 6.07) is 11.3. The third-order valence-corrected chi connectivity index (χ3v) is 9.80. The molecular formula is C37H47ClN8O6S. The minimum absolute atomic E-state index is 0.241. The van der Waals surface area contributed by atoms with Gasteiger partial charge >= 0.3 is 0 Å². The number of phenolic OH excluding ortho intramolecular Hbond substituents is 2. The molecule has 1 aliphatic heterocycles. The molecule has 14 nitrogen and oxygen atoms in total. The van der Waals surface area contributed by atoms with E-state index in [1.54, 1.807) is 6.07 Å². The Kier molecular flexibility index (Phi) is 12.8. The normalized spacial score (nSPS) is 13.9. The lowest BCUT2D eigenvalue weighted by Gasteiger charge is -2.36. The Morgan fingerprint density at radius 1 is 0.943 bits per heavy atom. The van der Waals surface area contributed by atoms with E-state index in [4.69, 9.17) is 21.1 Å². The van der Waals surface area contributed by atoms with E-state index in [2.05, 4.69) is 40.7 Å². The number of thiazole rings is 1. The van der Waals surface area contributed by atoms with Crippen molar-refractivity contribution in [2.24, 2.45) is 0 Å². The van der Waals surface area contributed by atoms with Crippen molar-refractivity contribution < 1.29 is 29.3 Å². The maximum Gasteiger partial charge on any atom is 0.267 e. The first-order valence-electron chi connectivity index (χ1n) is 17.3. The second-order valence-electron chi connectivity index (χ2n) is 14.1. The fourth-order valence-corrected chi connectivity index (χ4v) is 6.45. The van der Waals surface area contributed by atoms with Gasteiger partial charge in [-0.1, -0.05) is 35.1 Å². The summed E-state index contributed by atoms with van der Waals surface area (Å²) in [4.78, 5) is 44.0. The second-order valence-corrected chi connectivity index (χ2v) is 15.5. The van der Waals surface area contributed by atoms with Crippen LogP contribution in [0, 0.1) is 13.8 Å². The van der Waals surface area contributed by atoms with Crippen molar-refractivity contribution in [1.29, 1.82) is 0 Å². The maximum absolute atomic E-state index is 12.9. The van der Waals surface area contributed by atoms with Crippen molar-refractivity contribution >= 4 is 57.2 Å². The number of benzene rings is 2. The zero-order chi connectivity index (χ0) is 38.3. The number of phenols is 2. The van der Waals surface area contributed by atoms with Crippen LogP contribution < -0.4 is 20.9 Å². The number of carbonyl (C=O) groups excluding carboxylic acids is 2. The molecule has 0 radical (unpaired) electrons. The highest BCUT2D eigenvalue weighted by atomic mass is 35.5. The van der Waals surface area contributed by atoms with E-state index in [1.807, 2.05) is 59.7 Å². The van der Waals surface area contributed by atoms with Crippen molar-refractivity contribution in [3.05, 3.63) is 75.5 Å². The highest BCUT2D eigenvalue weighted by Crippen LogP contribution is 2.29. The van der Waals surface area contributed by atoms with Crippen molar-refractivity contribution in [2.75, 3.05) is 68.0 Å². The molecule has 0 spiro atoms. The van der Waals surface area contributed by atoms with Gasteiger partial charge in [-0.2, -0.15) is 0 Å². The molecule has 5 N–H and O–H groups in total. The summed E-state index contributed by atoms with van der Waals surface area (Å²) < 4.78 is 12.4. The Morgan fingerprint density at radius 2 is 1.70 bits per heavy atom. The molecule has 4 aromatic rings. The number of ether oxygens (including phenoxy) is 2. The number of piperazine rings is 1. The molecule has 0 aliphatic carbocycles. The average Bonchev–Trinajstić information content (AvgIpc) is 3.58. The van der Waals surface area contributed by atoms with Gasteiger partial charge in [0.25, 0.3) is 11.8 Å². The quantitative estimate of drug-likeness (QED) is 0.0929. The van der Waals surface area contributed by atoms with Gasteiger partial charge in [0.2, 0.25) is 0 Å². The molecule has 1 aliphatic rings. The lowest BCUT2D eigenvalue weighted by atomic mass is 10.1. The number of rotatable bonds is 15. The van der Waals surface area contributed by atoms with E-state index in [0.717, 1.165) is 44.1 Å². The lowest BCUT2D eigenvalue weighted by molar-refractivity contribution is -0.120. The molecule has 0 saturated carbocycles. The fourth-order valence-electron chi connectivity index (χ4n) is 5.46. The van der Waals surface area contributed by atoms with Crippen molar-refractivity contribution in [3.8, 4) is 11.5 Å². The van der Waals surface area contributed by atoms with Gasteiger partial charge in [0.15, 0.2) is 16.6 Å². The summed E-state index contributed by atoms with van der Waals surface area (Å²) in [5, 5.41) is 29.1. The molecule has 284 valence electrons. The molecule has 0 atom stereocenters. The van der Waals surface area contributed by atoms with Gasteiger partial charge in [0.05, 0.1) is 41.3 Å². The minimum atomic E-state index is -0.670. The van der Waals surface area contributed by atoms with Crippen LogP contribution in [0.3, 0.4) is 0 Å². The Bertz CT molecular complexity index is 1890. The largest absolute Gasteiger partial charge is 0.504 e. The fraction of sp³-hybridized carbons (Fsp3) is 0.432. The van der Waals surface area contributed by atoms with E-state index in [0.29, 0.717) is 45.6 Å². The van der Waals surface area contributed by atoms with Crippen molar-refractivity contribution in [1.82, 2.24) is 25.2 Å². The molecule has 0 unspecified atom stereocenters. The first kappa shape index (κ1) is 39.7. The zero-order valence-corrected chi connectivity index (χ0v) is 32.4. The van der Waals surface area contributed by atoms with E-state index >= 15 is 0 Å². The monoisotopic (exact) mass is 766 g/mol. The summed E-state index contributed by atoms with van der Waals surface area (Å²) in [6.07, 6.45) is 1.53. The Morgan fingerprint density at radius 3 is 2.42 bits per heavy atom. The van der Waals surface area contributed by atoms with Gasteiger partial charge < -0.3 is 40.5 Å². The van der Waals surface area contributed by atoms with Crippen LogP contribution in [0.2, 0.25) is 5.02 Å². The Hall–Kier alpha value is -4.54. The standard InChI is InChI=1S/C37H47ClN8O6S/c1-23-8-7-9-26(38)32(23)44-34(50)29-20-39-35(53-29)43-30-19-31(42-24(2)41-30)46-14-12-45(13-15-46)16-17-51-37(5,6)22-52-36(3,4)21-40-33(49)25-10-11-27(47)28(48)18-25/h7-11,18-20,47-48H,12-17,21-22H2,1-6H3,(H,40,49)(H,44,50)(H,39,41,42,43). The first-order chi connectivity index (χ1) is 25.1. The summed E-state index contributed by atoms with van der Waals surface area (Å²) in [5.74, 6) is 0.737. The molecule has 2 amide bonds. The summed E-state index contributed by atoms with van der Waals surface area (Å²) >= 11 is 7.51. The number of anilines is 4. The van der Waals surface area contributed by atoms with Gasteiger partial charge in [-0.15, -0.1) is 0 Å². The molecule has 2 aromatic carbocycles. The van der Waals surface area contributed by atoms with Crippen LogP contribution in [0.15, 0.2) is 48.7 Å². The average molecular weight is 767 g/mol. The highest BCUT2D eigenvalue weighted by molar-refractivity contribution is 7.17. The van der Waals surface area contributed by atoms with Gasteiger partial charge in [0.1, 0.15) is 22.3 Å². The van der Waals surface area contributed by atoms with Crippen LogP contribution in [-0.2, 0) is 9.47 Å². The molecule has 3 heterocycles. The maximum atomic E-state index is 12.9. The molecule has 53 heavy (non-hydrogen) atoms. The van der Waals surface area contributed by atoms with E-state index in [-0.39, 0.29) is 35.4 Å². The van der Waals surface area contributed by atoms with Crippen LogP contribution in [0.1, 0.15) is 59.1 Å². The molecule has 0 bridgehead atoms. The van der Waals surface area contributed by atoms with Crippen molar-refractivity contribution in [3.63, 3.8) is 0 Å². The number of aryl methyl sites for hydroxylation is 2. The topological polar surface area (TPSA) is 174 Å². The van der Waals surface area contributed by atoms with Gasteiger partial charge in [0, 0.05) is 50.9 Å². The number of halogens is 1. The Balaban J connectivity index is 1.04. The molecular weight excluding hydrogens is 720 g/mol. The minimum Gasteiger partial charge on any atom is -0.504 e. The number of aromatic nitrogens is 3. The summed E-state index contributed by atoms with van der Waals surface area (Å²) in [6.45, 7) is 16.6. The van der Waals surface area contributed by atoms with E-state index in [9.17, 15) is 19.8 Å². The smallest absolute Gasteiger partial charge is 0.267 e. The molecule has 2 aromatic heterocycles. The number of nitrogens with zero attached hydrogens (tertiary/aromatic N) is 5. The third kappa shape index (κ3) is 11.2. The number of hydrogen-bond donors (Lipinski definition) is 5. The number of amides is 2. The van der Waals surface area contributed by atoms with Crippen LogP contribution >= 0.6 is 22.9 Å². The number of nitrogens with one attached hydrogen (secondary N) is 3. The van der Waals surface area contributed by atoms with Gasteiger partial charge in [-0.05, 0) is 71.4 Å². The number of hydrogen-bond acceptors (Lipinski definition) is 13. The number of aromatic hydroxyl groups is 2. The van der Waals surface area contributed by atoms with E-state index in [1.165, 1.54) is 35.7 Å². The first-order valence-corrected chi connectivity index (χ1v) is 18.5. The molecule has 1 fully saturated rings. The number of para-hydroxylation sites is 1. The molecule has 16 heteroatoms.